The third-order valence-electron chi connectivity index (χ3n) is 3.34. The third kappa shape index (κ3) is 1.51. The smallest absolute Gasteiger partial charge is 0.256 e. The van der Waals surface area contributed by atoms with Gasteiger partial charge < -0.3 is 15.2 Å². The number of carbonyl (C=O) groups is 1. The van der Waals surface area contributed by atoms with Crippen molar-refractivity contribution in [1.29, 1.82) is 0 Å². The van der Waals surface area contributed by atoms with Crippen LogP contribution in [0, 0.1) is 0 Å². The molecule has 2 N–H and O–H groups in total. The molecule has 1 atom stereocenters. The van der Waals surface area contributed by atoms with E-state index in [1.807, 2.05) is 0 Å². The number of piperidine rings is 1. The molecule has 16 heavy (non-hydrogen) atoms. The van der Waals surface area contributed by atoms with E-state index < -0.39 is 0 Å². The zero-order valence-corrected chi connectivity index (χ0v) is 9.08. The lowest BCUT2D eigenvalue weighted by Gasteiger charge is -2.22. The molecule has 1 fully saturated rings. The molecule has 5 nitrogen and oxygen atoms in total. The van der Waals surface area contributed by atoms with E-state index in [4.69, 9.17) is 4.52 Å². The van der Waals surface area contributed by atoms with Gasteiger partial charge in [0.15, 0.2) is 5.76 Å². The summed E-state index contributed by atoms with van der Waals surface area (Å²) in [6, 6.07) is 0. The highest BCUT2D eigenvalue weighted by Crippen LogP contribution is 2.28. The lowest BCUT2D eigenvalue weighted by molar-refractivity contribution is 0.0941. The summed E-state index contributed by atoms with van der Waals surface area (Å²) >= 11 is 0. The Balaban J connectivity index is 1.95. The predicted molar refractivity (Wildman–Crippen MR) is 57.4 cm³/mol. The van der Waals surface area contributed by atoms with E-state index in [2.05, 4.69) is 15.8 Å². The number of hydrogen-bond donors (Lipinski definition) is 2. The van der Waals surface area contributed by atoms with Crippen LogP contribution in [0.2, 0.25) is 0 Å². The lowest BCUT2D eigenvalue weighted by atomic mass is 9.91. The fourth-order valence-corrected chi connectivity index (χ4v) is 2.49. The monoisotopic (exact) mass is 221 g/mol. The molecule has 0 aliphatic carbocycles. The van der Waals surface area contributed by atoms with Crippen molar-refractivity contribution in [3.63, 3.8) is 0 Å². The Morgan fingerprint density at radius 2 is 2.31 bits per heavy atom. The number of rotatable bonds is 1. The van der Waals surface area contributed by atoms with Gasteiger partial charge in [0.1, 0.15) is 11.3 Å². The van der Waals surface area contributed by atoms with Crippen LogP contribution in [0.3, 0.4) is 0 Å². The van der Waals surface area contributed by atoms with Gasteiger partial charge in [0, 0.05) is 25.4 Å². The molecular formula is C11H15N3O2. The number of amides is 1. The first-order chi connectivity index (χ1) is 7.86. The highest BCUT2D eigenvalue weighted by atomic mass is 16.5. The van der Waals surface area contributed by atoms with E-state index in [0.717, 1.165) is 43.8 Å². The van der Waals surface area contributed by atoms with Gasteiger partial charge in [-0.2, -0.15) is 0 Å². The van der Waals surface area contributed by atoms with Crippen molar-refractivity contribution in [3.05, 3.63) is 17.0 Å². The number of nitrogens with zero attached hydrogens (tertiary/aromatic N) is 1. The number of carbonyl (C=O) groups excluding carboxylic acids is 1. The van der Waals surface area contributed by atoms with E-state index in [1.165, 1.54) is 0 Å². The SMILES string of the molecule is O=C1NCCc2onc(C3CCCNC3)c21. The molecule has 1 aromatic heterocycles. The lowest BCUT2D eigenvalue weighted by Crippen LogP contribution is -2.34. The zero-order chi connectivity index (χ0) is 11.0. The highest BCUT2D eigenvalue weighted by molar-refractivity contribution is 5.97. The van der Waals surface area contributed by atoms with Gasteiger partial charge in [-0.1, -0.05) is 5.16 Å². The molecule has 2 aliphatic heterocycles. The molecule has 1 aromatic rings. The van der Waals surface area contributed by atoms with Gasteiger partial charge in [0.2, 0.25) is 0 Å². The Kier molecular flexibility index (Phi) is 2.40. The Bertz CT molecular complexity index is 407. The Morgan fingerprint density at radius 3 is 3.12 bits per heavy atom. The van der Waals surface area contributed by atoms with Crippen LogP contribution in [-0.2, 0) is 6.42 Å². The van der Waals surface area contributed by atoms with Crippen LogP contribution in [0.5, 0.6) is 0 Å². The summed E-state index contributed by atoms with van der Waals surface area (Å²) in [5.74, 6) is 1.05. The largest absolute Gasteiger partial charge is 0.360 e. The van der Waals surface area contributed by atoms with Crippen molar-refractivity contribution in [3.8, 4) is 0 Å². The summed E-state index contributed by atoms with van der Waals surface area (Å²) < 4.78 is 5.27. The fourth-order valence-electron chi connectivity index (χ4n) is 2.49. The van der Waals surface area contributed by atoms with Crippen LogP contribution in [0.4, 0.5) is 0 Å². The molecule has 3 rings (SSSR count). The zero-order valence-electron chi connectivity index (χ0n) is 9.08. The molecule has 1 unspecified atom stereocenters. The summed E-state index contributed by atoms with van der Waals surface area (Å²) in [6.45, 7) is 2.61. The topological polar surface area (TPSA) is 67.2 Å². The van der Waals surface area contributed by atoms with Crippen LogP contribution >= 0.6 is 0 Å². The third-order valence-corrected chi connectivity index (χ3v) is 3.34. The Hall–Kier alpha value is -1.36. The van der Waals surface area contributed by atoms with E-state index in [-0.39, 0.29) is 5.91 Å². The molecule has 86 valence electrons. The van der Waals surface area contributed by atoms with Crippen LogP contribution in [0.15, 0.2) is 4.52 Å². The summed E-state index contributed by atoms with van der Waals surface area (Å²) in [6.07, 6.45) is 2.97. The highest BCUT2D eigenvalue weighted by Gasteiger charge is 2.30. The molecule has 0 spiro atoms. The minimum Gasteiger partial charge on any atom is -0.360 e. The van der Waals surface area contributed by atoms with Crippen molar-refractivity contribution >= 4 is 5.91 Å². The minimum atomic E-state index is -0.0249. The van der Waals surface area contributed by atoms with Crippen LogP contribution in [0.25, 0.3) is 0 Å². The van der Waals surface area contributed by atoms with E-state index in [1.54, 1.807) is 0 Å². The molecule has 3 heterocycles. The molecule has 0 radical (unpaired) electrons. The molecule has 1 saturated heterocycles. The number of nitrogens with one attached hydrogen (secondary N) is 2. The number of hydrogen-bond acceptors (Lipinski definition) is 4. The molecular weight excluding hydrogens is 206 g/mol. The van der Waals surface area contributed by atoms with Crippen molar-refractivity contribution < 1.29 is 9.32 Å². The minimum absolute atomic E-state index is 0.0249. The first kappa shape index (κ1) is 9.84. The molecule has 0 aromatic carbocycles. The van der Waals surface area contributed by atoms with E-state index >= 15 is 0 Å². The predicted octanol–water partition coefficient (Wildman–Crippen LogP) is 0.427. The second kappa shape index (κ2) is 3.90. The van der Waals surface area contributed by atoms with Crippen molar-refractivity contribution in [2.75, 3.05) is 19.6 Å². The van der Waals surface area contributed by atoms with Gasteiger partial charge in [0.05, 0.1) is 0 Å². The van der Waals surface area contributed by atoms with E-state index in [0.29, 0.717) is 18.0 Å². The first-order valence-electron chi connectivity index (χ1n) is 5.83. The number of aromatic nitrogens is 1. The maximum absolute atomic E-state index is 11.8. The molecule has 2 aliphatic rings. The van der Waals surface area contributed by atoms with Gasteiger partial charge in [-0.25, -0.2) is 0 Å². The second-order valence-corrected chi connectivity index (χ2v) is 4.42. The summed E-state index contributed by atoms with van der Waals surface area (Å²) in [4.78, 5) is 11.8. The average Bonchev–Trinajstić information content (AvgIpc) is 2.75. The Labute approximate surface area is 93.6 Å². The normalized spacial score (nSPS) is 25.0. The van der Waals surface area contributed by atoms with E-state index in [9.17, 15) is 4.79 Å². The summed E-state index contributed by atoms with van der Waals surface area (Å²) in [7, 11) is 0. The summed E-state index contributed by atoms with van der Waals surface area (Å²) in [5, 5.41) is 10.3. The van der Waals surface area contributed by atoms with Gasteiger partial charge in [0.25, 0.3) is 5.91 Å². The van der Waals surface area contributed by atoms with Crippen LogP contribution < -0.4 is 10.6 Å². The molecule has 1 amide bonds. The van der Waals surface area contributed by atoms with Gasteiger partial charge in [-0.05, 0) is 19.4 Å². The van der Waals surface area contributed by atoms with Crippen molar-refractivity contribution in [1.82, 2.24) is 15.8 Å². The maximum Gasteiger partial charge on any atom is 0.256 e. The fraction of sp³-hybridized carbons (Fsp3) is 0.636. The molecule has 0 saturated carbocycles. The second-order valence-electron chi connectivity index (χ2n) is 4.42. The van der Waals surface area contributed by atoms with Gasteiger partial charge in [-0.15, -0.1) is 0 Å². The molecule has 5 heteroatoms. The quantitative estimate of drug-likeness (QED) is 0.721. The van der Waals surface area contributed by atoms with Crippen LogP contribution in [-0.4, -0.2) is 30.7 Å². The average molecular weight is 221 g/mol. The number of fused-ring (bicyclic) bond motifs is 1. The Morgan fingerprint density at radius 1 is 1.38 bits per heavy atom. The molecule has 0 bridgehead atoms. The van der Waals surface area contributed by atoms with Crippen molar-refractivity contribution in [2.24, 2.45) is 0 Å². The standard InChI is InChI=1S/C11H15N3O2/c15-11-9-8(3-5-13-11)16-14-10(9)7-2-1-4-12-6-7/h7,12H,1-6H2,(H,13,15). The first-order valence-corrected chi connectivity index (χ1v) is 5.83. The van der Waals surface area contributed by atoms with Crippen LogP contribution in [0.1, 0.15) is 40.6 Å². The van der Waals surface area contributed by atoms with Gasteiger partial charge >= 0.3 is 0 Å². The van der Waals surface area contributed by atoms with Gasteiger partial charge in [-0.3, -0.25) is 4.79 Å². The maximum atomic E-state index is 11.8. The summed E-state index contributed by atoms with van der Waals surface area (Å²) in [5.41, 5.74) is 1.54. The van der Waals surface area contributed by atoms with Crippen molar-refractivity contribution in [2.45, 2.75) is 25.2 Å².